The van der Waals surface area contributed by atoms with E-state index in [9.17, 15) is 4.79 Å². The van der Waals surface area contributed by atoms with E-state index in [1.807, 2.05) is 18.2 Å². The molecule has 0 aliphatic heterocycles. The van der Waals surface area contributed by atoms with Crippen LogP contribution in [0.25, 0.3) is 10.9 Å². The molecule has 0 radical (unpaired) electrons. The van der Waals surface area contributed by atoms with Crippen LogP contribution in [0.1, 0.15) is 13.8 Å². The number of para-hydroxylation sites is 1. The van der Waals surface area contributed by atoms with E-state index in [2.05, 4.69) is 18.8 Å². The van der Waals surface area contributed by atoms with Gasteiger partial charge in [-0.3, -0.25) is 9.36 Å². The fourth-order valence-electron chi connectivity index (χ4n) is 1.88. The number of aromatic nitrogens is 2. The highest BCUT2D eigenvalue weighted by Gasteiger charge is 2.04. The van der Waals surface area contributed by atoms with Gasteiger partial charge in [0.05, 0.1) is 24.1 Å². The van der Waals surface area contributed by atoms with Crippen molar-refractivity contribution < 1.29 is 4.74 Å². The van der Waals surface area contributed by atoms with Gasteiger partial charge in [0.1, 0.15) is 0 Å². The Morgan fingerprint density at radius 1 is 1.37 bits per heavy atom. The largest absolute Gasteiger partial charge is 0.379 e. The Bertz CT molecular complexity index is 673. The topological polar surface area (TPSA) is 47.0 Å². The maximum atomic E-state index is 12.3. The molecule has 102 valence electrons. The Hall–Kier alpha value is -1.46. The van der Waals surface area contributed by atoms with Gasteiger partial charge in [-0.2, -0.15) is 0 Å². The number of ether oxygens (including phenoxy) is 1. The molecular weight excluding hydrogens is 260 g/mol. The Morgan fingerprint density at radius 2 is 2.11 bits per heavy atom. The highest BCUT2D eigenvalue weighted by atomic mass is 32.1. The van der Waals surface area contributed by atoms with Crippen molar-refractivity contribution in [2.75, 3.05) is 13.2 Å². The second-order valence-electron chi connectivity index (χ2n) is 4.90. The summed E-state index contributed by atoms with van der Waals surface area (Å²) in [6.45, 7) is 5.85. The van der Waals surface area contributed by atoms with Crippen LogP contribution in [0, 0.1) is 10.7 Å². The molecule has 0 unspecified atom stereocenters. The number of hydrogen-bond donors (Lipinski definition) is 1. The number of rotatable bonds is 5. The van der Waals surface area contributed by atoms with Gasteiger partial charge in [-0.25, -0.2) is 0 Å². The van der Waals surface area contributed by atoms with Crippen molar-refractivity contribution in [2.24, 2.45) is 5.92 Å². The molecular formula is C14H18N2O2S. The van der Waals surface area contributed by atoms with Crippen LogP contribution in [0.4, 0.5) is 0 Å². The van der Waals surface area contributed by atoms with Gasteiger partial charge < -0.3 is 9.72 Å². The van der Waals surface area contributed by atoms with Gasteiger partial charge in [0.2, 0.25) is 0 Å². The fourth-order valence-corrected chi connectivity index (χ4v) is 2.16. The van der Waals surface area contributed by atoms with Crippen molar-refractivity contribution in [3.63, 3.8) is 0 Å². The first-order valence-electron chi connectivity index (χ1n) is 6.39. The van der Waals surface area contributed by atoms with Crippen molar-refractivity contribution in [2.45, 2.75) is 20.4 Å². The van der Waals surface area contributed by atoms with Crippen LogP contribution in [0.2, 0.25) is 0 Å². The second-order valence-corrected chi connectivity index (χ2v) is 5.29. The molecule has 1 N–H and O–H groups in total. The van der Waals surface area contributed by atoms with Crippen molar-refractivity contribution in [3.8, 4) is 0 Å². The Labute approximate surface area is 117 Å². The molecule has 19 heavy (non-hydrogen) atoms. The van der Waals surface area contributed by atoms with Gasteiger partial charge in [0.25, 0.3) is 5.56 Å². The quantitative estimate of drug-likeness (QED) is 0.675. The summed E-state index contributed by atoms with van der Waals surface area (Å²) in [5, 5.41) is 0.653. The summed E-state index contributed by atoms with van der Waals surface area (Å²) in [5.41, 5.74) is 0.712. The number of benzene rings is 1. The van der Waals surface area contributed by atoms with Crippen LogP contribution in [0.15, 0.2) is 29.1 Å². The number of nitrogens with zero attached hydrogens (tertiary/aromatic N) is 1. The number of hydrogen-bond acceptors (Lipinski definition) is 3. The zero-order chi connectivity index (χ0) is 13.8. The summed E-state index contributed by atoms with van der Waals surface area (Å²) in [7, 11) is 0. The van der Waals surface area contributed by atoms with Gasteiger partial charge >= 0.3 is 0 Å². The summed E-state index contributed by atoms with van der Waals surface area (Å²) in [6, 6.07) is 7.38. The second kappa shape index (κ2) is 6.12. The molecule has 0 aliphatic carbocycles. The predicted molar refractivity (Wildman–Crippen MR) is 79.0 cm³/mol. The molecule has 1 aromatic carbocycles. The molecule has 0 fully saturated rings. The van der Waals surface area contributed by atoms with Gasteiger partial charge in [-0.15, -0.1) is 0 Å². The van der Waals surface area contributed by atoms with Gasteiger partial charge in [0, 0.05) is 6.61 Å². The Morgan fingerprint density at radius 3 is 2.84 bits per heavy atom. The van der Waals surface area contributed by atoms with Crippen LogP contribution >= 0.6 is 12.2 Å². The summed E-state index contributed by atoms with van der Waals surface area (Å²) in [5.74, 6) is 0.489. The van der Waals surface area contributed by atoms with E-state index in [1.165, 1.54) is 0 Å². The van der Waals surface area contributed by atoms with E-state index < -0.39 is 0 Å². The van der Waals surface area contributed by atoms with E-state index in [0.717, 1.165) is 5.52 Å². The predicted octanol–water partition coefficient (Wildman–Crippen LogP) is 2.73. The van der Waals surface area contributed by atoms with Crippen molar-refractivity contribution in [1.82, 2.24) is 9.55 Å². The summed E-state index contributed by atoms with van der Waals surface area (Å²) in [6.07, 6.45) is 0. The first-order valence-corrected chi connectivity index (χ1v) is 6.80. The normalized spacial score (nSPS) is 11.3. The standard InChI is InChI=1S/C14H18N2O2S/c1-10(2)9-18-8-7-16-13(17)11-5-3-4-6-12(11)15-14(16)19/h3-6,10H,7-9H2,1-2H3,(H,15,19). The maximum Gasteiger partial charge on any atom is 0.262 e. The van der Waals surface area contributed by atoms with E-state index in [1.54, 1.807) is 10.6 Å². The van der Waals surface area contributed by atoms with E-state index in [4.69, 9.17) is 17.0 Å². The van der Waals surface area contributed by atoms with Gasteiger partial charge in [-0.1, -0.05) is 26.0 Å². The molecule has 1 heterocycles. The van der Waals surface area contributed by atoms with Crippen LogP contribution in [-0.2, 0) is 11.3 Å². The third-order valence-electron chi connectivity index (χ3n) is 2.80. The summed E-state index contributed by atoms with van der Waals surface area (Å²) in [4.78, 5) is 15.4. The van der Waals surface area contributed by atoms with Crippen LogP contribution < -0.4 is 5.56 Å². The minimum Gasteiger partial charge on any atom is -0.379 e. The molecule has 0 aliphatic rings. The Balaban J connectivity index is 2.24. The maximum absolute atomic E-state index is 12.3. The summed E-state index contributed by atoms with van der Waals surface area (Å²) < 4.78 is 7.50. The SMILES string of the molecule is CC(C)COCCn1c(=S)[nH]c2ccccc2c1=O. The molecule has 0 amide bonds. The van der Waals surface area contributed by atoms with Crippen molar-refractivity contribution in [1.29, 1.82) is 0 Å². The van der Waals surface area contributed by atoms with E-state index in [-0.39, 0.29) is 5.56 Å². The van der Waals surface area contributed by atoms with Gasteiger partial charge in [0.15, 0.2) is 4.77 Å². The molecule has 0 bridgehead atoms. The molecule has 1 aromatic heterocycles. The molecule has 5 heteroatoms. The first kappa shape index (κ1) is 14.0. The lowest BCUT2D eigenvalue weighted by molar-refractivity contribution is 0.102. The van der Waals surface area contributed by atoms with Gasteiger partial charge in [-0.05, 0) is 30.3 Å². The molecule has 0 saturated carbocycles. The number of aromatic amines is 1. The van der Waals surface area contributed by atoms with Crippen molar-refractivity contribution in [3.05, 3.63) is 39.4 Å². The van der Waals surface area contributed by atoms with Crippen LogP contribution in [0.3, 0.4) is 0 Å². The first-order chi connectivity index (χ1) is 9.09. The number of fused-ring (bicyclic) bond motifs is 1. The molecule has 0 saturated heterocycles. The lowest BCUT2D eigenvalue weighted by Crippen LogP contribution is -2.24. The molecule has 2 rings (SSSR count). The van der Waals surface area contributed by atoms with Crippen LogP contribution in [0.5, 0.6) is 0 Å². The molecule has 2 aromatic rings. The third kappa shape index (κ3) is 3.30. The smallest absolute Gasteiger partial charge is 0.262 e. The molecule has 4 nitrogen and oxygen atoms in total. The lowest BCUT2D eigenvalue weighted by atomic mass is 10.2. The summed E-state index contributed by atoms with van der Waals surface area (Å²) >= 11 is 5.22. The van der Waals surface area contributed by atoms with E-state index >= 15 is 0 Å². The fraction of sp³-hybridized carbons (Fsp3) is 0.429. The zero-order valence-corrected chi connectivity index (χ0v) is 12.0. The highest BCUT2D eigenvalue weighted by Crippen LogP contribution is 2.05. The van der Waals surface area contributed by atoms with E-state index in [0.29, 0.717) is 35.8 Å². The monoisotopic (exact) mass is 278 g/mol. The third-order valence-corrected chi connectivity index (χ3v) is 3.12. The molecule has 0 spiro atoms. The minimum absolute atomic E-state index is 0.0625. The molecule has 0 atom stereocenters. The lowest BCUT2D eigenvalue weighted by Gasteiger charge is -2.09. The minimum atomic E-state index is -0.0625. The zero-order valence-electron chi connectivity index (χ0n) is 11.2. The van der Waals surface area contributed by atoms with Crippen molar-refractivity contribution >= 4 is 23.1 Å². The average Bonchev–Trinajstić information content (AvgIpc) is 2.37. The number of nitrogens with one attached hydrogen (secondary N) is 1. The van der Waals surface area contributed by atoms with Crippen LogP contribution in [-0.4, -0.2) is 22.8 Å². The Kier molecular flexibility index (Phi) is 4.50. The number of H-pyrrole nitrogens is 1. The average molecular weight is 278 g/mol. The highest BCUT2D eigenvalue weighted by molar-refractivity contribution is 7.71.